The van der Waals surface area contributed by atoms with Gasteiger partial charge in [0.25, 0.3) is 11.8 Å². The largest absolute Gasteiger partial charge is 0.358 e. The average molecular weight is 484 g/mol. The number of aromatic amines is 1. The molecule has 0 aliphatic carbocycles. The molecule has 0 bridgehead atoms. The summed E-state index contributed by atoms with van der Waals surface area (Å²) in [7, 11) is 6.42. The molecule has 1 aromatic carbocycles. The number of H-pyrrole nitrogens is 1. The average Bonchev–Trinajstić information content (AvgIpc) is 3.24. The van der Waals surface area contributed by atoms with E-state index in [1.165, 1.54) is 28.0 Å². The van der Waals surface area contributed by atoms with Crippen LogP contribution < -0.4 is 10.6 Å². The van der Waals surface area contributed by atoms with Crippen molar-refractivity contribution in [2.24, 2.45) is 0 Å². The maximum atomic E-state index is 13.8. The summed E-state index contributed by atoms with van der Waals surface area (Å²) in [6, 6.07) is 3.17. The monoisotopic (exact) mass is 483 g/mol. The van der Waals surface area contributed by atoms with Crippen molar-refractivity contribution in [2.75, 3.05) is 33.5 Å². The van der Waals surface area contributed by atoms with E-state index >= 15 is 0 Å². The highest BCUT2D eigenvalue weighted by Gasteiger charge is 2.28. The second-order valence-electron chi connectivity index (χ2n) is 8.95. The quantitative estimate of drug-likeness (QED) is 0.525. The van der Waals surface area contributed by atoms with Gasteiger partial charge in [0.1, 0.15) is 11.9 Å². The summed E-state index contributed by atoms with van der Waals surface area (Å²) >= 11 is 0. The summed E-state index contributed by atoms with van der Waals surface area (Å²) in [5, 5.41) is 5.46. The lowest BCUT2D eigenvalue weighted by Gasteiger charge is -2.22. The van der Waals surface area contributed by atoms with Crippen LogP contribution in [-0.2, 0) is 14.4 Å². The Hall–Kier alpha value is -3.95. The van der Waals surface area contributed by atoms with Gasteiger partial charge >= 0.3 is 0 Å². The second kappa shape index (κ2) is 10.1. The van der Waals surface area contributed by atoms with Crippen LogP contribution >= 0.6 is 0 Å². The molecule has 1 atom stereocenters. The van der Waals surface area contributed by atoms with Gasteiger partial charge in [0.05, 0.1) is 11.1 Å². The van der Waals surface area contributed by atoms with Crippen LogP contribution in [0.15, 0.2) is 18.2 Å². The van der Waals surface area contributed by atoms with E-state index < -0.39 is 17.8 Å². The van der Waals surface area contributed by atoms with Gasteiger partial charge in [0, 0.05) is 57.3 Å². The van der Waals surface area contributed by atoms with E-state index in [-0.39, 0.29) is 36.1 Å². The third kappa shape index (κ3) is 5.42. The molecule has 2 aromatic rings. The summed E-state index contributed by atoms with van der Waals surface area (Å²) in [6.07, 6.45) is 1.84. The minimum absolute atomic E-state index is 0.102. The highest BCUT2D eigenvalue weighted by molar-refractivity contribution is 6.34. The zero-order valence-electron chi connectivity index (χ0n) is 20.7. The summed E-state index contributed by atoms with van der Waals surface area (Å²) in [5.41, 5.74) is 3.21. The van der Waals surface area contributed by atoms with Crippen molar-refractivity contribution in [3.05, 3.63) is 52.1 Å². The normalized spacial score (nSPS) is 14.4. The Morgan fingerprint density at radius 1 is 1.11 bits per heavy atom. The van der Waals surface area contributed by atoms with Gasteiger partial charge in [-0.1, -0.05) is 0 Å². The molecule has 1 aliphatic rings. The van der Waals surface area contributed by atoms with Gasteiger partial charge in [-0.2, -0.15) is 0 Å². The molecular weight excluding hydrogens is 453 g/mol. The van der Waals surface area contributed by atoms with Crippen LogP contribution in [0.4, 0.5) is 10.1 Å². The lowest BCUT2D eigenvalue weighted by Crippen LogP contribution is -2.47. The predicted molar refractivity (Wildman–Crippen MR) is 131 cm³/mol. The molecular formula is C25H30FN5O4. The number of aromatic nitrogens is 1. The van der Waals surface area contributed by atoms with Crippen LogP contribution in [0.1, 0.15) is 45.7 Å². The third-order valence-electron chi connectivity index (χ3n) is 5.95. The predicted octanol–water partition coefficient (Wildman–Crippen LogP) is 2.32. The fourth-order valence-electron chi connectivity index (χ4n) is 4.00. The number of carbonyl (C=O) groups excluding carboxylic acids is 4. The number of anilines is 1. The standard InChI is InChI=1S/C25H30FN5O4/c1-13-20(12-17-16-11-15(26)7-8-18(16)28-23(17)33)27-14(2)22(13)24(34)29-19(25(35)31(5)6)9-10-21(32)30(3)4/h7-8,11-12,19,27H,9-10H2,1-6H3,(H,28,33)(H,29,34)/b17-12-/t19-/m0/s1. The number of likely N-dealkylation sites (N-methyl/N-ethyl adjacent to an activating group) is 1. The number of benzene rings is 1. The third-order valence-corrected chi connectivity index (χ3v) is 5.95. The number of rotatable bonds is 7. The Morgan fingerprint density at radius 3 is 2.43 bits per heavy atom. The van der Waals surface area contributed by atoms with Gasteiger partial charge in [-0.15, -0.1) is 0 Å². The van der Waals surface area contributed by atoms with Crippen molar-refractivity contribution in [1.82, 2.24) is 20.1 Å². The van der Waals surface area contributed by atoms with E-state index in [1.54, 1.807) is 48.1 Å². The Kier molecular flexibility index (Phi) is 7.42. The number of hydrogen-bond donors (Lipinski definition) is 3. The van der Waals surface area contributed by atoms with Crippen LogP contribution in [0.2, 0.25) is 0 Å². The number of nitrogens with one attached hydrogen (secondary N) is 3. The maximum absolute atomic E-state index is 13.8. The topological polar surface area (TPSA) is 115 Å². The van der Waals surface area contributed by atoms with Crippen LogP contribution in [0.5, 0.6) is 0 Å². The van der Waals surface area contributed by atoms with Crippen LogP contribution in [0.3, 0.4) is 0 Å². The minimum atomic E-state index is -0.882. The molecule has 2 heterocycles. The van der Waals surface area contributed by atoms with Crippen LogP contribution in [0, 0.1) is 19.7 Å². The van der Waals surface area contributed by atoms with Gasteiger partial charge in [0.15, 0.2) is 0 Å². The van der Waals surface area contributed by atoms with E-state index in [4.69, 9.17) is 0 Å². The summed E-state index contributed by atoms with van der Waals surface area (Å²) in [4.78, 5) is 56.3. The molecule has 0 saturated carbocycles. The van der Waals surface area contributed by atoms with Crippen LogP contribution in [-0.4, -0.2) is 72.6 Å². The van der Waals surface area contributed by atoms with Crippen molar-refractivity contribution < 1.29 is 23.6 Å². The Balaban J connectivity index is 1.89. The van der Waals surface area contributed by atoms with Crippen molar-refractivity contribution in [3.8, 4) is 0 Å². The van der Waals surface area contributed by atoms with E-state index in [1.807, 2.05) is 0 Å². The molecule has 0 saturated heterocycles. The molecule has 3 rings (SSSR count). The number of halogens is 1. The molecule has 3 N–H and O–H groups in total. The highest BCUT2D eigenvalue weighted by atomic mass is 19.1. The number of fused-ring (bicyclic) bond motifs is 1. The zero-order valence-corrected chi connectivity index (χ0v) is 20.7. The Morgan fingerprint density at radius 2 is 1.80 bits per heavy atom. The number of aryl methyl sites for hydroxylation is 1. The van der Waals surface area contributed by atoms with Crippen molar-refractivity contribution in [3.63, 3.8) is 0 Å². The molecule has 0 spiro atoms. The molecule has 4 amide bonds. The van der Waals surface area contributed by atoms with Gasteiger partial charge in [-0.3, -0.25) is 19.2 Å². The minimum Gasteiger partial charge on any atom is -0.358 e. The molecule has 1 aliphatic heterocycles. The zero-order chi connectivity index (χ0) is 26.0. The molecule has 1 aromatic heterocycles. The number of carbonyl (C=O) groups is 4. The SMILES string of the molecule is Cc1[nH]c(/C=C2\C(=O)Nc3ccc(F)cc32)c(C)c1C(=O)N[C@@H](CCC(=O)N(C)C)C(=O)N(C)C. The van der Waals surface area contributed by atoms with E-state index in [0.717, 1.165) is 0 Å². The molecule has 186 valence electrons. The molecule has 10 heteroatoms. The number of nitrogens with zero attached hydrogens (tertiary/aromatic N) is 2. The lowest BCUT2D eigenvalue weighted by molar-refractivity contribution is -0.132. The van der Waals surface area contributed by atoms with E-state index in [0.29, 0.717) is 33.8 Å². The summed E-state index contributed by atoms with van der Waals surface area (Å²) < 4.78 is 13.8. The Bertz CT molecular complexity index is 1230. The van der Waals surface area contributed by atoms with Crippen LogP contribution in [0.25, 0.3) is 11.6 Å². The first kappa shape index (κ1) is 25.7. The summed E-state index contributed by atoms with van der Waals surface area (Å²) in [5.74, 6) is -1.77. The van der Waals surface area contributed by atoms with Crippen molar-refractivity contribution in [1.29, 1.82) is 0 Å². The molecule has 9 nitrogen and oxygen atoms in total. The fraction of sp³-hybridized carbons (Fsp3) is 0.360. The van der Waals surface area contributed by atoms with E-state index in [2.05, 4.69) is 15.6 Å². The first-order valence-electron chi connectivity index (χ1n) is 11.1. The van der Waals surface area contributed by atoms with E-state index in [9.17, 15) is 23.6 Å². The van der Waals surface area contributed by atoms with Crippen molar-refractivity contribution >= 4 is 41.0 Å². The van der Waals surface area contributed by atoms with Gasteiger partial charge in [0.2, 0.25) is 11.8 Å². The molecule has 35 heavy (non-hydrogen) atoms. The summed E-state index contributed by atoms with van der Waals surface area (Å²) in [6.45, 7) is 3.44. The fourth-order valence-corrected chi connectivity index (χ4v) is 4.00. The molecule has 0 unspecified atom stereocenters. The van der Waals surface area contributed by atoms with Crippen molar-refractivity contribution in [2.45, 2.75) is 32.7 Å². The maximum Gasteiger partial charge on any atom is 0.256 e. The van der Waals surface area contributed by atoms with Gasteiger partial charge in [-0.05, 0) is 50.1 Å². The van der Waals surface area contributed by atoms with Gasteiger partial charge in [-0.25, -0.2) is 4.39 Å². The highest BCUT2D eigenvalue weighted by Crippen LogP contribution is 2.34. The molecule has 0 radical (unpaired) electrons. The second-order valence-corrected chi connectivity index (χ2v) is 8.95. The first-order valence-corrected chi connectivity index (χ1v) is 11.1. The van der Waals surface area contributed by atoms with Gasteiger partial charge < -0.3 is 25.4 Å². The number of amides is 4. The number of hydrogen-bond acceptors (Lipinski definition) is 4. The Labute approximate surface area is 203 Å². The smallest absolute Gasteiger partial charge is 0.256 e. The molecule has 0 fully saturated rings. The lowest BCUT2D eigenvalue weighted by atomic mass is 10.0. The first-order chi connectivity index (χ1) is 16.4.